The summed E-state index contributed by atoms with van der Waals surface area (Å²) >= 11 is 0. The maximum absolute atomic E-state index is 13.1. The van der Waals surface area contributed by atoms with Crippen molar-refractivity contribution >= 4 is 18.3 Å². The summed E-state index contributed by atoms with van der Waals surface area (Å²) in [7, 11) is 0. The second-order valence-corrected chi connectivity index (χ2v) is 6.75. The molecule has 2 atom stereocenters. The van der Waals surface area contributed by atoms with E-state index >= 15 is 0 Å². The van der Waals surface area contributed by atoms with E-state index < -0.39 is 0 Å². The summed E-state index contributed by atoms with van der Waals surface area (Å²) < 4.78 is 11.3. The van der Waals surface area contributed by atoms with Crippen molar-refractivity contribution in [2.45, 2.75) is 19.8 Å². The van der Waals surface area contributed by atoms with Gasteiger partial charge in [0.25, 0.3) is 5.91 Å². The third-order valence-electron chi connectivity index (χ3n) is 5.05. The SMILES string of the molecule is CCOc1ccc(C(=O)N2C[C@@H](CN)[C@H](c3ccccc3)C2)cc1OCC.Cl. The average Bonchev–Trinajstić information content (AvgIpc) is 3.14. The standard InChI is InChI=1S/C22H28N2O3.ClH/c1-3-26-20-11-10-17(12-21(20)27-4-2)22(25)24-14-18(13-23)19(15-24)16-8-6-5-7-9-16;/h5-12,18-19H,3-4,13-15,23H2,1-2H3;1H/t18-,19+;/m1./s1. The van der Waals surface area contributed by atoms with Crippen molar-refractivity contribution in [3.63, 3.8) is 0 Å². The second-order valence-electron chi connectivity index (χ2n) is 6.75. The molecule has 5 nitrogen and oxygen atoms in total. The largest absolute Gasteiger partial charge is 0.490 e. The third kappa shape index (κ3) is 4.78. The van der Waals surface area contributed by atoms with Crippen LogP contribution < -0.4 is 15.2 Å². The Balaban J connectivity index is 0.00000280. The maximum atomic E-state index is 13.1. The minimum Gasteiger partial charge on any atom is -0.490 e. The van der Waals surface area contributed by atoms with E-state index in [1.54, 1.807) is 6.07 Å². The molecule has 0 saturated carbocycles. The van der Waals surface area contributed by atoms with Gasteiger partial charge < -0.3 is 20.1 Å². The monoisotopic (exact) mass is 404 g/mol. The molecule has 2 aromatic rings. The highest BCUT2D eigenvalue weighted by atomic mass is 35.5. The van der Waals surface area contributed by atoms with Gasteiger partial charge in [-0.15, -0.1) is 12.4 Å². The Morgan fingerprint density at radius 3 is 2.36 bits per heavy atom. The number of hydrogen-bond donors (Lipinski definition) is 1. The summed E-state index contributed by atoms with van der Waals surface area (Å²) in [5.74, 6) is 1.83. The Hall–Kier alpha value is -2.24. The van der Waals surface area contributed by atoms with Crippen LogP contribution in [0.4, 0.5) is 0 Å². The van der Waals surface area contributed by atoms with Crippen LogP contribution in [0.2, 0.25) is 0 Å². The fourth-order valence-corrected chi connectivity index (χ4v) is 3.72. The molecule has 1 aliphatic rings. The lowest BCUT2D eigenvalue weighted by Gasteiger charge is -2.18. The molecule has 28 heavy (non-hydrogen) atoms. The van der Waals surface area contributed by atoms with Crippen LogP contribution in [0.1, 0.15) is 35.7 Å². The van der Waals surface area contributed by atoms with Crippen LogP contribution in [0.5, 0.6) is 11.5 Å². The highest BCUT2D eigenvalue weighted by Crippen LogP contribution is 2.34. The molecule has 152 valence electrons. The zero-order chi connectivity index (χ0) is 19.2. The molecule has 0 aromatic heterocycles. The van der Waals surface area contributed by atoms with Gasteiger partial charge in [0, 0.05) is 24.6 Å². The van der Waals surface area contributed by atoms with Gasteiger partial charge in [-0.2, -0.15) is 0 Å². The zero-order valence-electron chi connectivity index (χ0n) is 16.5. The number of halogens is 1. The average molecular weight is 405 g/mol. The lowest BCUT2D eigenvalue weighted by molar-refractivity contribution is 0.0786. The molecule has 1 amide bonds. The summed E-state index contributed by atoms with van der Waals surface area (Å²) in [6.07, 6.45) is 0. The van der Waals surface area contributed by atoms with E-state index in [1.807, 2.05) is 49.1 Å². The molecule has 1 saturated heterocycles. The zero-order valence-corrected chi connectivity index (χ0v) is 17.3. The number of nitrogens with zero attached hydrogens (tertiary/aromatic N) is 1. The summed E-state index contributed by atoms with van der Waals surface area (Å²) in [6, 6.07) is 15.7. The number of rotatable bonds is 7. The Labute approximate surface area is 173 Å². The minimum absolute atomic E-state index is 0. The van der Waals surface area contributed by atoms with Gasteiger partial charge in [-0.1, -0.05) is 30.3 Å². The van der Waals surface area contributed by atoms with Gasteiger partial charge >= 0.3 is 0 Å². The molecule has 0 aliphatic carbocycles. The number of benzene rings is 2. The van der Waals surface area contributed by atoms with Crippen LogP contribution >= 0.6 is 12.4 Å². The van der Waals surface area contributed by atoms with Gasteiger partial charge in [0.2, 0.25) is 0 Å². The molecule has 0 unspecified atom stereocenters. The van der Waals surface area contributed by atoms with Crippen molar-refractivity contribution in [2.24, 2.45) is 11.7 Å². The molecule has 0 bridgehead atoms. The first-order valence-electron chi connectivity index (χ1n) is 9.61. The first-order chi connectivity index (χ1) is 13.2. The molecule has 2 N–H and O–H groups in total. The summed E-state index contributed by atoms with van der Waals surface area (Å²) in [6.45, 7) is 6.84. The molecule has 3 rings (SSSR count). The highest BCUT2D eigenvalue weighted by molar-refractivity contribution is 5.95. The molecular formula is C22H29ClN2O3. The first-order valence-corrected chi connectivity index (χ1v) is 9.61. The molecular weight excluding hydrogens is 376 g/mol. The van der Waals surface area contributed by atoms with E-state index in [-0.39, 0.29) is 30.2 Å². The van der Waals surface area contributed by atoms with Crippen LogP contribution in [0.25, 0.3) is 0 Å². The Kier molecular flexibility index (Phi) is 8.15. The van der Waals surface area contributed by atoms with E-state index in [0.717, 1.165) is 0 Å². The number of nitrogens with two attached hydrogens (primary N) is 1. The predicted molar refractivity (Wildman–Crippen MR) is 114 cm³/mol. The summed E-state index contributed by atoms with van der Waals surface area (Å²) in [4.78, 5) is 15.0. The van der Waals surface area contributed by atoms with Crippen molar-refractivity contribution in [1.29, 1.82) is 0 Å². The summed E-state index contributed by atoms with van der Waals surface area (Å²) in [5.41, 5.74) is 7.86. The van der Waals surface area contributed by atoms with Crippen LogP contribution in [0.15, 0.2) is 48.5 Å². The maximum Gasteiger partial charge on any atom is 0.254 e. The second kappa shape index (κ2) is 10.3. The van der Waals surface area contributed by atoms with Gasteiger partial charge in [0.15, 0.2) is 11.5 Å². The van der Waals surface area contributed by atoms with Crippen LogP contribution in [-0.2, 0) is 0 Å². The highest BCUT2D eigenvalue weighted by Gasteiger charge is 2.35. The summed E-state index contributed by atoms with van der Waals surface area (Å²) in [5, 5.41) is 0. The molecule has 6 heteroatoms. The van der Waals surface area contributed by atoms with Gasteiger partial charge in [0.1, 0.15) is 0 Å². The number of hydrogen-bond acceptors (Lipinski definition) is 4. The van der Waals surface area contributed by atoms with Crippen LogP contribution in [0.3, 0.4) is 0 Å². The Bertz CT molecular complexity index is 770. The van der Waals surface area contributed by atoms with Crippen molar-refractivity contribution in [2.75, 3.05) is 32.8 Å². The normalized spacial score (nSPS) is 18.5. The number of ether oxygens (including phenoxy) is 2. The van der Waals surface area contributed by atoms with Crippen LogP contribution in [-0.4, -0.2) is 43.7 Å². The Morgan fingerprint density at radius 1 is 1.04 bits per heavy atom. The van der Waals surface area contributed by atoms with Gasteiger partial charge in [-0.25, -0.2) is 0 Å². The van der Waals surface area contributed by atoms with Gasteiger partial charge in [-0.05, 0) is 50.1 Å². The van der Waals surface area contributed by atoms with Crippen molar-refractivity contribution < 1.29 is 14.3 Å². The fourth-order valence-electron chi connectivity index (χ4n) is 3.72. The van der Waals surface area contributed by atoms with E-state index in [4.69, 9.17) is 15.2 Å². The van der Waals surface area contributed by atoms with E-state index in [0.29, 0.717) is 49.9 Å². The molecule has 0 spiro atoms. The molecule has 1 aliphatic heterocycles. The quantitative estimate of drug-likeness (QED) is 0.763. The van der Waals surface area contributed by atoms with E-state index in [9.17, 15) is 4.79 Å². The third-order valence-corrected chi connectivity index (χ3v) is 5.05. The lowest BCUT2D eigenvalue weighted by Crippen LogP contribution is -2.29. The van der Waals surface area contributed by atoms with Crippen molar-refractivity contribution in [1.82, 2.24) is 4.90 Å². The van der Waals surface area contributed by atoms with Crippen molar-refractivity contribution in [3.05, 3.63) is 59.7 Å². The smallest absolute Gasteiger partial charge is 0.254 e. The molecule has 2 aromatic carbocycles. The van der Waals surface area contributed by atoms with Crippen molar-refractivity contribution in [3.8, 4) is 11.5 Å². The number of carbonyl (C=O) groups is 1. The topological polar surface area (TPSA) is 64.8 Å². The van der Waals surface area contributed by atoms with Gasteiger partial charge in [0.05, 0.1) is 13.2 Å². The Morgan fingerprint density at radius 2 is 1.71 bits per heavy atom. The number of carbonyl (C=O) groups excluding carboxylic acids is 1. The predicted octanol–water partition coefficient (Wildman–Crippen LogP) is 3.72. The fraction of sp³-hybridized carbons (Fsp3) is 0.409. The van der Waals surface area contributed by atoms with E-state index in [1.165, 1.54) is 5.56 Å². The first kappa shape index (κ1) is 22.1. The number of likely N-dealkylation sites (tertiary alicyclic amines) is 1. The minimum atomic E-state index is 0. The molecule has 0 radical (unpaired) electrons. The molecule has 1 heterocycles. The van der Waals surface area contributed by atoms with Crippen LogP contribution in [0, 0.1) is 5.92 Å². The van der Waals surface area contributed by atoms with Gasteiger partial charge in [-0.3, -0.25) is 4.79 Å². The number of amides is 1. The van der Waals surface area contributed by atoms with E-state index in [2.05, 4.69) is 12.1 Å². The lowest BCUT2D eigenvalue weighted by atomic mass is 9.89. The molecule has 1 fully saturated rings.